The maximum absolute atomic E-state index is 12.9. The number of rotatable bonds is 5. The van der Waals surface area contributed by atoms with E-state index in [-0.39, 0.29) is 17.8 Å². The molecule has 2 aromatic rings. The van der Waals surface area contributed by atoms with Crippen LogP contribution < -0.4 is 15.8 Å². The molecule has 5 nitrogen and oxygen atoms in total. The van der Waals surface area contributed by atoms with Crippen molar-refractivity contribution in [3.8, 4) is 5.75 Å². The summed E-state index contributed by atoms with van der Waals surface area (Å²) in [4.78, 5) is 16.0. The summed E-state index contributed by atoms with van der Waals surface area (Å²) in [5.74, 6) is -0.201. The lowest BCUT2D eigenvalue weighted by molar-refractivity contribution is -0.137. The minimum Gasteiger partial charge on any atom is -0.479 e. The van der Waals surface area contributed by atoms with Gasteiger partial charge in [-0.2, -0.15) is 13.2 Å². The minimum absolute atomic E-state index is 0.0110. The van der Waals surface area contributed by atoms with Crippen molar-refractivity contribution in [3.63, 3.8) is 0 Å². The number of hydrogen-bond acceptors (Lipinski definition) is 4. The average Bonchev–Trinajstić information content (AvgIpc) is 2.54. The van der Waals surface area contributed by atoms with E-state index in [9.17, 15) is 18.0 Å². The van der Waals surface area contributed by atoms with E-state index in [1.165, 1.54) is 19.2 Å². The molecule has 0 bridgehead atoms. The van der Waals surface area contributed by atoms with Gasteiger partial charge in [0.05, 0.1) is 11.8 Å². The topological polar surface area (TPSA) is 77.2 Å². The largest absolute Gasteiger partial charge is 0.479 e. The number of carbonyl (C=O) groups is 1. The Hall–Kier alpha value is -2.61. The van der Waals surface area contributed by atoms with E-state index in [4.69, 9.17) is 10.5 Å². The van der Waals surface area contributed by atoms with Crippen LogP contribution in [0, 0.1) is 0 Å². The molecular formula is C16H16F3N3O2. The molecule has 0 saturated carbocycles. The third kappa shape index (κ3) is 4.69. The van der Waals surface area contributed by atoms with Gasteiger partial charge in [0.15, 0.2) is 6.10 Å². The van der Waals surface area contributed by atoms with Crippen LogP contribution in [0.4, 0.5) is 18.9 Å². The summed E-state index contributed by atoms with van der Waals surface area (Å²) in [7, 11) is 0. The molecule has 0 aliphatic heterocycles. The number of nitrogens with one attached hydrogen (secondary N) is 1. The van der Waals surface area contributed by atoms with Crippen molar-refractivity contribution < 1.29 is 22.7 Å². The molecular weight excluding hydrogens is 323 g/mol. The molecule has 3 N–H and O–H groups in total. The highest BCUT2D eigenvalue weighted by molar-refractivity contribution is 5.94. The summed E-state index contributed by atoms with van der Waals surface area (Å²) in [6.45, 7) is 1.41. The van der Waals surface area contributed by atoms with Crippen molar-refractivity contribution >= 4 is 11.6 Å². The van der Waals surface area contributed by atoms with E-state index in [1.54, 1.807) is 18.3 Å². The normalized spacial score (nSPS) is 12.5. The van der Waals surface area contributed by atoms with Crippen LogP contribution in [0.2, 0.25) is 0 Å². The van der Waals surface area contributed by atoms with Gasteiger partial charge in [0.25, 0.3) is 5.91 Å². The predicted molar refractivity (Wildman–Crippen MR) is 82.3 cm³/mol. The van der Waals surface area contributed by atoms with Crippen LogP contribution in [0.3, 0.4) is 0 Å². The molecule has 1 atom stereocenters. The van der Waals surface area contributed by atoms with Crippen LogP contribution in [0.15, 0.2) is 42.7 Å². The number of hydrogen-bond donors (Lipinski definition) is 2. The number of carbonyl (C=O) groups excluding carboxylic acids is 1. The van der Waals surface area contributed by atoms with Gasteiger partial charge in [0, 0.05) is 18.4 Å². The molecule has 0 aliphatic carbocycles. The number of anilines is 1. The quantitative estimate of drug-likeness (QED) is 0.878. The van der Waals surface area contributed by atoms with Crippen LogP contribution >= 0.6 is 0 Å². The summed E-state index contributed by atoms with van der Waals surface area (Å²) in [5, 5.41) is 2.41. The Labute approximate surface area is 136 Å². The summed E-state index contributed by atoms with van der Waals surface area (Å²) >= 11 is 0. The van der Waals surface area contributed by atoms with Crippen molar-refractivity contribution in [2.24, 2.45) is 5.73 Å². The summed E-state index contributed by atoms with van der Waals surface area (Å²) in [5.41, 5.74) is 4.81. The number of ether oxygens (including phenoxy) is 1. The van der Waals surface area contributed by atoms with E-state index in [2.05, 4.69) is 10.3 Å². The van der Waals surface area contributed by atoms with Crippen LogP contribution in [-0.2, 0) is 17.5 Å². The van der Waals surface area contributed by atoms with Crippen molar-refractivity contribution in [2.75, 3.05) is 5.32 Å². The second kappa shape index (κ2) is 7.31. The lowest BCUT2D eigenvalue weighted by atomic mass is 10.1. The zero-order chi connectivity index (χ0) is 17.7. The number of aromatic nitrogens is 1. The number of amides is 1. The highest BCUT2D eigenvalue weighted by Gasteiger charge is 2.31. The number of pyridine rings is 1. The predicted octanol–water partition coefficient (Wildman–Crippen LogP) is 2.97. The smallest absolute Gasteiger partial charge is 0.416 e. The van der Waals surface area contributed by atoms with Gasteiger partial charge >= 0.3 is 6.18 Å². The lowest BCUT2D eigenvalue weighted by Gasteiger charge is -2.16. The molecule has 128 valence electrons. The molecule has 0 aliphatic rings. The Morgan fingerprint density at radius 3 is 2.71 bits per heavy atom. The van der Waals surface area contributed by atoms with Crippen molar-refractivity contribution in [2.45, 2.75) is 25.7 Å². The van der Waals surface area contributed by atoms with E-state index in [1.807, 2.05) is 0 Å². The van der Waals surface area contributed by atoms with Gasteiger partial charge < -0.3 is 15.8 Å². The summed E-state index contributed by atoms with van der Waals surface area (Å²) in [6, 6.07) is 6.46. The van der Waals surface area contributed by atoms with E-state index >= 15 is 0 Å². The monoisotopic (exact) mass is 339 g/mol. The summed E-state index contributed by atoms with van der Waals surface area (Å²) < 4.78 is 44.0. The number of benzene rings is 1. The maximum Gasteiger partial charge on any atom is 0.416 e. The first kappa shape index (κ1) is 17.7. The molecule has 1 amide bonds. The van der Waals surface area contributed by atoms with Gasteiger partial charge in [0.2, 0.25) is 0 Å². The second-order valence-corrected chi connectivity index (χ2v) is 5.06. The third-order valence-electron chi connectivity index (χ3n) is 3.14. The molecule has 1 aromatic carbocycles. The maximum atomic E-state index is 12.9. The highest BCUT2D eigenvalue weighted by atomic mass is 19.4. The molecule has 24 heavy (non-hydrogen) atoms. The van der Waals surface area contributed by atoms with Crippen molar-refractivity contribution in [3.05, 3.63) is 53.9 Å². The molecule has 1 unspecified atom stereocenters. The molecule has 1 heterocycles. The number of alkyl halides is 3. The molecule has 2 rings (SSSR count). The molecule has 0 spiro atoms. The fourth-order valence-electron chi connectivity index (χ4n) is 1.96. The fourth-order valence-corrected chi connectivity index (χ4v) is 1.96. The van der Waals surface area contributed by atoms with Gasteiger partial charge in [-0.05, 0) is 42.8 Å². The Balaban J connectivity index is 2.13. The van der Waals surface area contributed by atoms with Gasteiger partial charge in [-0.3, -0.25) is 9.78 Å². The van der Waals surface area contributed by atoms with E-state index < -0.39 is 23.8 Å². The Kier molecular flexibility index (Phi) is 5.40. The SMILES string of the molecule is CC(Oc1cccnc1)C(=O)Nc1cc(CN)cc(C(F)(F)F)c1. The van der Waals surface area contributed by atoms with Gasteiger partial charge in [-0.1, -0.05) is 0 Å². The number of nitrogens with two attached hydrogens (primary N) is 1. The first-order valence-electron chi connectivity index (χ1n) is 7.08. The Morgan fingerprint density at radius 2 is 2.12 bits per heavy atom. The third-order valence-corrected chi connectivity index (χ3v) is 3.14. The first-order valence-corrected chi connectivity index (χ1v) is 7.08. The van der Waals surface area contributed by atoms with Crippen LogP contribution in [0.1, 0.15) is 18.1 Å². The number of halogens is 3. The minimum atomic E-state index is -4.53. The molecule has 0 fully saturated rings. The Morgan fingerprint density at radius 1 is 1.38 bits per heavy atom. The van der Waals surface area contributed by atoms with Gasteiger partial charge in [-0.15, -0.1) is 0 Å². The van der Waals surface area contributed by atoms with Gasteiger partial charge in [-0.25, -0.2) is 0 Å². The molecule has 0 radical (unpaired) electrons. The van der Waals surface area contributed by atoms with E-state index in [0.29, 0.717) is 5.75 Å². The zero-order valence-corrected chi connectivity index (χ0v) is 12.8. The van der Waals surface area contributed by atoms with Crippen LogP contribution in [-0.4, -0.2) is 17.0 Å². The Bertz CT molecular complexity index is 705. The molecule has 0 saturated heterocycles. The standard InChI is InChI=1S/C16H16F3N3O2/c1-10(24-14-3-2-4-21-9-14)15(23)22-13-6-11(8-20)5-12(7-13)16(17,18)19/h2-7,9-10H,8,20H2,1H3,(H,22,23). The second-order valence-electron chi connectivity index (χ2n) is 5.06. The highest BCUT2D eigenvalue weighted by Crippen LogP contribution is 2.32. The average molecular weight is 339 g/mol. The first-order chi connectivity index (χ1) is 11.3. The van der Waals surface area contributed by atoms with E-state index in [0.717, 1.165) is 12.1 Å². The van der Waals surface area contributed by atoms with Crippen LogP contribution in [0.25, 0.3) is 0 Å². The zero-order valence-electron chi connectivity index (χ0n) is 12.8. The summed E-state index contributed by atoms with van der Waals surface area (Å²) in [6.07, 6.45) is -2.46. The molecule has 1 aromatic heterocycles. The van der Waals surface area contributed by atoms with Crippen molar-refractivity contribution in [1.29, 1.82) is 0 Å². The lowest BCUT2D eigenvalue weighted by Crippen LogP contribution is -2.30. The van der Waals surface area contributed by atoms with Crippen molar-refractivity contribution in [1.82, 2.24) is 4.98 Å². The molecule has 8 heteroatoms. The van der Waals surface area contributed by atoms with Gasteiger partial charge in [0.1, 0.15) is 5.75 Å². The van der Waals surface area contributed by atoms with Crippen LogP contribution in [0.5, 0.6) is 5.75 Å². The fraction of sp³-hybridized carbons (Fsp3) is 0.250. The number of nitrogens with zero attached hydrogens (tertiary/aromatic N) is 1.